The molecule has 2 N–H and O–H groups in total. The highest BCUT2D eigenvalue weighted by Gasteiger charge is 2.08. The number of carbonyl (C=O) groups excluding carboxylic acids is 2. The molecule has 1 aromatic carbocycles. The summed E-state index contributed by atoms with van der Waals surface area (Å²) in [5.74, 6) is 0.952. The Morgan fingerprint density at radius 1 is 0.963 bits per heavy atom. The Morgan fingerprint density at radius 3 is 2.44 bits per heavy atom. The summed E-state index contributed by atoms with van der Waals surface area (Å²) in [6, 6.07) is 14.2. The van der Waals surface area contributed by atoms with Gasteiger partial charge in [-0.25, -0.2) is 0 Å². The molecule has 0 atom stereocenters. The summed E-state index contributed by atoms with van der Waals surface area (Å²) in [4.78, 5) is 27.6. The predicted octanol–water partition coefficient (Wildman–Crippen LogP) is 3.43. The highest BCUT2D eigenvalue weighted by molar-refractivity contribution is 6.30. The number of rotatable bonds is 7. The summed E-state index contributed by atoms with van der Waals surface area (Å²) in [6.45, 7) is 0.534. The van der Waals surface area contributed by atoms with Gasteiger partial charge in [-0.1, -0.05) is 11.6 Å². The molecule has 138 valence electrons. The molecule has 2 aromatic heterocycles. The fourth-order valence-corrected chi connectivity index (χ4v) is 2.54. The lowest BCUT2D eigenvalue weighted by Crippen LogP contribution is -2.30. The maximum atomic E-state index is 11.9. The lowest BCUT2D eigenvalue weighted by molar-refractivity contribution is -0.121. The fraction of sp³-hybridized carbons (Fsp3) is 0.150. The molecule has 27 heavy (non-hydrogen) atoms. The minimum absolute atomic E-state index is 0.172. The molecule has 7 heteroatoms. The second-order valence-corrected chi connectivity index (χ2v) is 6.23. The van der Waals surface area contributed by atoms with Crippen LogP contribution in [-0.2, 0) is 11.3 Å². The summed E-state index contributed by atoms with van der Waals surface area (Å²) in [7, 11) is 0. The van der Waals surface area contributed by atoms with E-state index in [0.717, 1.165) is 5.56 Å². The average molecular weight is 384 g/mol. The number of carbonyl (C=O) groups is 2. The Kier molecular flexibility index (Phi) is 6.22. The molecule has 3 aromatic rings. The molecule has 0 fully saturated rings. The third kappa shape index (κ3) is 5.43. The summed E-state index contributed by atoms with van der Waals surface area (Å²) in [5.41, 5.74) is 1.42. The van der Waals surface area contributed by atoms with Gasteiger partial charge in [0.2, 0.25) is 5.91 Å². The van der Waals surface area contributed by atoms with E-state index in [1.54, 1.807) is 36.7 Å². The lowest BCUT2D eigenvalue weighted by atomic mass is 10.2. The van der Waals surface area contributed by atoms with Gasteiger partial charge >= 0.3 is 0 Å². The lowest BCUT2D eigenvalue weighted by Gasteiger charge is -2.06. The van der Waals surface area contributed by atoms with Gasteiger partial charge < -0.3 is 15.1 Å². The van der Waals surface area contributed by atoms with Gasteiger partial charge in [-0.3, -0.25) is 14.6 Å². The van der Waals surface area contributed by atoms with Crippen molar-refractivity contribution in [3.8, 4) is 11.3 Å². The third-order valence-electron chi connectivity index (χ3n) is 3.83. The largest absolute Gasteiger partial charge is 0.459 e. The maximum Gasteiger partial charge on any atom is 0.251 e. The van der Waals surface area contributed by atoms with E-state index >= 15 is 0 Å². The number of hydrogen-bond donors (Lipinski definition) is 2. The molecule has 0 bridgehead atoms. The minimum atomic E-state index is -0.233. The van der Waals surface area contributed by atoms with Crippen LogP contribution >= 0.6 is 11.6 Å². The standard InChI is InChI=1S/C20H18ClN3O3/c21-16-3-1-14(2-4-16)18-6-5-17(27-18)13-24-19(25)9-12-23-20(26)15-7-10-22-11-8-15/h1-8,10-11H,9,12-13H2,(H,23,26)(H,24,25). The zero-order valence-electron chi connectivity index (χ0n) is 14.4. The van der Waals surface area contributed by atoms with Gasteiger partial charge in [0.25, 0.3) is 5.91 Å². The Labute approximate surface area is 161 Å². The van der Waals surface area contributed by atoms with Gasteiger partial charge in [0.15, 0.2) is 0 Å². The molecule has 2 amide bonds. The van der Waals surface area contributed by atoms with Crippen LogP contribution in [0.3, 0.4) is 0 Å². The molecule has 0 unspecified atom stereocenters. The first kappa shape index (κ1) is 18.7. The second kappa shape index (κ2) is 9.00. The Balaban J connectivity index is 1.42. The molecular weight excluding hydrogens is 366 g/mol. The van der Waals surface area contributed by atoms with Crippen LogP contribution in [0, 0.1) is 0 Å². The number of hydrogen-bond acceptors (Lipinski definition) is 4. The van der Waals surface area contributed by atoms with Crippen molar-refractivity contribution in [1.82, 2.24) is 15.6 Å². The van der Waals surface area contributed by atoms with Crippen LogP contribution in [0.2, 0.25) is 5.02 Å². The fourth-order valence-electron chi connectivity index (χ4n) is 2.41. The smallest absolute Gasteiger partial charge is 0.251 e. The summed E-state index contributed by atoms with van der Waals surface area (Å²) >= 11 is 5.88. The van der Waals surface area contributed by atoms with Gasteiger partial charge in [0.1, 0.15) is 11.5 Å². The van der Waals surface area contributed by atoms with Crippen LogP contribution in [-0.4, -0.2) is 23.3 Å². The van der Waals surface area contributed by atoms with Crippen LogP contribution < -0.4 is 10.6 Å². The number of pyridine rings is 1. The molecule has 0 radical (unpaired) electrons. The van der Waals surface area contributed by atoms with Crippen LogP contribution in [0.25, 0.3) is 11.3 Å². The van der Waals surface area contributed by atoms with E-state index in [4.69, 9.17) is 16.0 Å². The zero-order chi connectivity index (χ0) is 19.1. The van der Waals surface area contributed by atoms with Crippen molar-refractivity contribution >= 4 is 23.4 Å². The third-order valence-corrected chi connectivity index (χ3v) is 4.08. The van der Waals surface area contributed by atoms with Crippen LogP contribution in [0.4, 0.5) is 0 Å². The van der Waals surface area contributed by atoms with E-state index < -0.39 is 0 Å². The molecule has 0 spiro atoms. The van der Waals surface area contributed by atoms with Crippen LogP contribution in [0.15, 0.2) is 65.3 Å². The molecule has 0 saturated heterocycles. The summed E-state index contributed by atoms with van der Waals surface area (Å²) in [5, 5.41) is 6.13. The van der Waals surface area contributed by atoms with Crippen LogP contribution in [0.5, 0.6) is 0 Å². The van der Waals surface area contributed by atoms with Crippen molar-refractivity contribution in [2.45, 2.75) is 13.0 Å². The van der Waals surface area contributed by atoms with Crippen LogP contribution in [0.1, 0.15) is 22.5 Å². The monoisotopic (exact) mass is 383 g/mol. The van der Waals surface area contributed by atoms with E-state index in [1.807, 2.05) is 24.3 Å². The van der Waals surface area contributed by atoms with Crippen molar-refractivity contribution in [2.75, 3.05) is 6.54 Å². The summed E-state index contributed by atoms with van der Waals surface area (Å²) in [6.07, 6.45) is 3.27. The van der Waals surface area contributed by atoms with Crippen molar-refractivity contribution in [3.63, 3.8) is 0 Å². The first-order valence-corrected chi connectivity index (χ1v) is 8.79. The number of furan rings is 1. The van der Waals surface area contributed by atoms with Gasteiger partial charge in [-0.2, -0.15) is 0 Å². The average Bonchev–Trinajstić information content (AvgIpc) is 3.16. The second-order valence-electron chi connectivity index (χ2n) is 5.79. The molecule has 6 nitrogen and oxygen atoms in total. The molecule has 0 aliphatic heterocycles. The van der Waals surface area contributed by atoms with E-state index in [-0.39, 0.29) is 31.3 Å². The first-order valence-electron chi connectivity index (χ1n) is 8.41. The molecular formula is C20H18ClN3O3. The number of halogens is 1. The van der Waals surface area contributed by atoms with Crippen molar-refractivity contribution in [1.29, 1.82) is 0 Å². The molecule has 0 saturated carbocycles. The topological polar surface area (TPSA) is 84.2 Å². The highest BCUT2D eigenvalue weighted by Crippen LogP contribution is 2.23. The van der Waals surface area contributed by atoms with Gasteiger partial charge in [-0.15, -0.1) is 0 Å². The molecule has 0 aliphatic rings. The number of benzene rings is 1. The Hall–Kier alpha value is -3.12. The molecule has 2 heterocycles. The summed E-state index contributed by atoms with van der Waals surface area (Å²) < 4.78 is 5.73. The quantitative estimate of drug-likeness (QED) is 0.654. The van der Waals surface area contributed by atoms with Crippen molar-refractivity contribution < 1.29 is 14.0 Å². The number of nitrogens with zero attached hydrogens (tertiary/aromatic N) is 1. The van der Waals surface area contributed by atoms with E-state index in [9.17, 15) is 9.59 Å². The highest BCUT2D eigenvalue weighted by atomic mass is 35.5. The molecule has 3 rings (SSSR count). The SMILES string of the molecule is O=C(CCNC(=O)c1ccncc1)NCc1ccc(-c2ccc(Cl)cc2)o1. The predicted molar refractivity (Wildman–Crippen MR) is 102 cm³/mol. The van der Waals surface area contributed by atoms with Gasteiger partial charge in [0, 0.05) is 41.5 Å². The minimum Gasteiger partial charge on any atom is -0.459 e. The Morgan fingerprint density at radius 2 is 1.70 bits per heavy atom. The Bertz CT molecular complexity index is 908. The van der Waals surface area contributed by atoms with Crippen molar-refractivity contribution in [2.24, 2.45) is 0 Å². The van der Waals surface area contributed by atoms with Crippen molar-refractivity contribution in [3.05, 3.63) is 77.3 Å². The maximum absolute atomic E-state index is 11.9. The van der Waals surface area contributed by atoms with E-state index in [0.29, 0.717) is 22.1 Å². The van der Waals surface area contributed by atoms with E-state index in [2.05, 4.69) is 15.6 Å². The number of amides is 2. The zero-order valence-corrected chi connectivity index (χ0v) is 15.2. The normalized spacial score (nSPS) is 10.4. The van der Waals surface area contributed by atoms with Gasteiger partial charge in [0.05, 0.1) is 6.54 Å². The number of nitrogens with one attached hydrogen (secondary N) is 2. The van der Waals surface area contributed by atoms with Gasteiger partial charge in [-0.05, 0) is 48.5 Å². The number of aromatic nitrogens is 1. The molecule has 0 aliphatic carbocycles. The van der Waals surface area contributed by atoms with E-state index in [1.165, 1.54) is 0 Å². The first-order chi connectivity index (χ1) is 13.1.